The molecular weight excluding hydrogens is 648 g/mol. The summed E-state index contributed by atoms with van der Waals surface area (Å²) in [6, 6.07) is 13.0. The number of halogens is 1. The molecule has 10 nitrogen and oxygen atoms in total. The molecule has 1 aliphatic rings. The zero-order valence-corrected chi connectivity index (χ0v) is 27.3. The molecule has 1 aliphatic heterocycles. The number of nitro benzene ring substituents is 1. The summed E-state index contributed by atoms with van der Waals surface area (Å²) in [7, 11) is 1.55. The fraction of sp³-hybridized carbons (Fsp3) is 0.281. The maximum Gasteiger partial charge on any atom is 0.338 e. The fourth-order valence-corrected chi connectivity index (χ4v) is 6.92. The monoisotopic (exact) mass is 678 g/mol. The Balaban J connectivity index is 1.73. The average Bonchev–Trinajstić information content (AvgIpc) is 3.46. The topological polar surface area (TPSA) is 118 Å². The standard InChI is InChI=1S/C32H31BrN4O6S/c1-6-8-25-28(31(39)43-7-2)29(24-17-21(33)9-14-26(24)42-5)36-30(38)27(44-32(36)34-25)16-20-15-18(3)35(19(20)4)22-10-12-23(13-11-22)37(40)41/h9-17,29H,6-8H2,1-5H3/b27-16+/t29-/m0/s1. The van der Waals surface area contributed by atoms with Crippen LogP contribution in [-0.2, 0) is 9.53 Å². The summed E-state index contributed by atoms with van der Waals surface area (Å²) in [6.45, 7) is 7.81. The fourth-order valence-electron chi connectivity index (χ4n) is 5.53. The van der Waals surface area contributed by atoms with Crippen molar-refractivity contribution in [3.63, 3.8) is 0 Å². The number of nitrogens with zero attached hydrogens (tertiary/aromatic N) is 4. The second-order valence-corrected chi connectivity index (χ2v) is 12.2. The molecule has 0 unspecified atom stereocenters. The molecule has 44 heavy (non-hydrogen) atoms. The van der Waals surface area contributed by atoms with Crippen LogP contribution in [0.25, 0.3) is 11.8 Å². The Labute approximate surface area is 265 Å². The third kappa shape index (κ3) is 5.67. The lowest BCUT2D eigenvalue weighted by molar-refractivity contribution is -0.384. The number of aryl methyl sites for hydroxylation is 1. The summed E-state index contributed by atoms with van der Waals surface area (Å²) in [6.07, 6.45) is 3.10. The van der Waals surface area contributed by atoms with Crippen molar-refractivity contribution < 1.29 is 19.2 Å². The minimum Gasteiger partial charge on any atom is -0.496 e. The molecule has 1 atom stereocenters. The molecule has 12 heteroatoms. The van der Waals surface area contributed by atoms with Gasteiger partial charge in [-0.1, -0.05) is 40.6 Å². The van der Waals surface area contributed by atoms with Gasteiger partial charge in [-0.3, -0.25) is 19.5 Å². The van der Waals surface area contributed by atoms with Gasteiger partial charge >= 0.3 is 5.97 Å². The van der Waals surface area contributed by atoms with Crippen molar-refractivity contribution in [2.45, 2.75) is 46.6 Å². The van der Waals surface area contributed by atoms with Crippen LogP contribution in [0, 0.1) is 24.0 Å². The Bertz CT molecular complexity index is 1990. The van der Waals surface area contributed by atoms with Crippen molar-refractivity contribution in [2.24, 2.45) is 4.99 Å². The summed E-state index contributed by atoms with van der Waals surface area (Å²) in [5.41, 5.74) is 4.63. The van der Waals surface area contributed by atoms with Gasteiger partial charge in [-0.2, -0.15) is 0 Å². The number of benzene rings is 2. The van der Waals surface area contributed by atoms with Gasteiger partial charge in [-0.05, 0) is 75.2 Å². The number of fused-ring (bicyclic) bond motifs is 1. The number of rotatable bonds is 9. The zero-order chi connectivity index (χ0) is 31.7. The molecule has 0 N–H and O–H groups in total. The van der Waals surface area contributed by atoms with Crippen LogP contribution in [0.3, 0.4) is 0 Å². The number of carbonyl (C=O) groups excluding carboxylic acids is 1. The third-order valence-corrected chi connectivity index (χ3v) is 8.93. The second-order valence-electron chi connectivity index (χ2n) is 10.2. The highest BCUT2D eigenvalue weighted by Gasteiger charge is 2.36. The Kier molecular flexibility index (Phi) is 9.02. The van der Waals surface area contributed by atoms with Crippen LogP contribution >= 0.6 is 27.3 Å². The number of allylic oxidation sites excluding steroid dienone is 1. The maximum atomic E-state index is 14.2. The van der Waals surface area contributed by atoms with E-state index in [4.69, 9.17) is 14.5 Å². The lowest BCUT2D eigenvalue weighted by atomic mass is 9.93. The van der Waals surface area contributed by atoms with Crippen molar-refractivity contribution in [1.29, 1.82) is 0 Å². The molecule has 5 rings (SSSR count). The van der Waals surface area contributed by atoms with E-state index in [0.717, 1.165) is 33.5 Å². The highest BCUT2D eigenvalue weighted by molar-refractivity contribution is 9.10. The van der Waals surface area contributed by atoms with Gasteiger partial charge in [0.15, 0.2) is 4.80 Å². The highest BCUT2D eigenvalue weighted by Crippen LogP contribution is 2.38. The number of hydrogen-bond acceptors (Lipinski definition) is 8. The predicted octanol–water partition coefficient (Wildman–Crippen LogP) is 5.67. The summed E-state index contributed by atoms with van der Waals surface area (Å²) in [5.74, 6) is 0.00613. The van der Waals surface area contributed by atoms with Crippen LogP contribution in [0.2, 0.25) is 0 Å². The van der Waals surface area contributed by atoms with Crippen molar-refractivity contribution in [3.05, 3.63) is 117 Å². The average molecular weight is 680 g/mol. The lowest BCUT2D eigenvalue weighted by Crippen LogP contribution is -2.40. The highest BCUT2D eigenvalue weighted by atomic mass is 79.9. The quantitative estimate of drug-likeness (QED) is 0.128. The number of nitro groups is 1. The molecule has 3 heterocycles. The third-order valence-electron chi connectivity index (χ3n) is 7.45. The zero-order valence-electron chi connectivity index (χ0n) is 24.9. The van der Waals surface area contributed by atoms with Gasteiger partial charge in [0, 0.05) is 39.2 Å². The van der Waals surface area contributed by atoms with E-state index in [1.165, 1.54) is 23.5 Å². The van der Waals surface area contributed by atoms with E-state index in [0.29, 0.717) is 38.3 Å². The molecule has 0 radical (unpaired) electrons. The molecule has 0 bridgehead atoms. The first kappa shape index (κ1) is 31.1. The van der Waals surface area contributed by atoms with Crippen LogP contribution in [0.1, 0.15) is 55.2 Å². The molecule has 0 saturated heterocycles. The number of methoxy groups -OCH3 is 1. The molecule has 2 aromatic carbocycles. The molecule has 0 spiro atoms. The number of aromatic nitrogens is 2. The van der Waals surface area contributed by atoms with Gasteiger partial charge in [0.1, 0.15) is 11.8 Å². The number of esters is 1. The smallest absolute Gasteiger partial charge is 0.338 e. The number of thiazole rings is 1. The number of hydrogen-bond donors (Lipinski definition) is 0. The number of carbonyl (C=O) groups is 1. The number of ether oxygens (including phenoxy) is 2. The number of non-ortho nitro benzene ring substituents is 1. The lowest BCUT2D eigenvalue weighted by Gasteiger charge is -2.27. The van der Waals surface area contributed by atoms with Gasteiger partial charge in [-0.25, -0.2) is 9.79 Å². The summed E-state index contributed by atoms with van der Waals surface area (Å²) in [5, 5.41) is 11.1. The van der Waals surface area contributed by atoms with E-state index in [9.17, 15) is 19.7 Å². The maximum absolute atomic E-state index is 14.2. The van der Waals surface area contributed by atoms with Crippen molar-refractivity contribution >= 4 is 45.0 Å². The molecule has 228 valence electrons. The minimum absolute atomic E-state index is 0.0128. The summed E-state index contributed by atoms with van der Waals surface area (Å²) in [4.78, 5) is 43.8. The molecule has 4 aromatic rings. The Hall–Kier alpha value is -4.29. The van der Waals surface area contributed by atoms with Crippen molar-refractivity contribution in [2.75, 3.05) is 13.7 Å². The first-order chi connectivity index (χ1) is 21.1. The Morgan fingerprint density at radius 1 is 1.16 bits per heavy atom. The van der Waals surface area contributed by atoms with Crippen LogP contribution in [-0.4, -0.2) is 33.7 Å². The minimum atomic E-state index is -0.811. The van der Waals surface area contributed by atoms with E-state index in [-0.39, 0.29) is 17.9 Å². The van der Waals surface area contributed by atoms with Gasteiger partial charge in [-0.15, -0.1) is 0 Å². The van der Waals surface area contributed by atoms with Crippen molar-refractivity contribution in [3.8, 4) is 11.4 Å². The van der Waals surface area contributed by atoms with Crippen molar-refractivity contribution in [1.82, 2.24) is 9.13 Å². The molecular formula is C32H31BrN4O6S. The predicted molar refractivity (Wildman–Crippen MR) is 172 cm³/mol. The van der Waals surface area contributed by atoms with E-state index in [2.05, 4.69) is 15.9 Å². The molecule has 0 aliphatic carbocycles. The Morgan fingerprint density at radius 3 is 2.52 bits per heavy atom. The van der Waals surface area contributed by atoms with Gasteiger partial charge in [0.05, 0.1) is 34.4 Å². The van der Waals surface area contributed by atoms with E-state index in [1.54, 1.807) is 36.8 Å². The van der Waals surface area contributed by atoms with Gasteiger partial charge < -0.3 is 14.0 Å². The summed E-state index contributed by atoms with van der Waals surface area (Å²) >= 11 is 4.80. The first-order valence-corrected chi connectivity index (χ1v) is 15.7. The normalized spacial score (nSPS) is 14.8. The first-order valence-electron chi connectivity index (χ1n) is 14.1. The Morgan fingerprint density at radius 2 is 1.89 bits per heavy atom. The van der Waals surface area contributed by atoms with E-state index >= 15 is 0 Å². The van der Waals surface area contributed by atoms with Crippen LogP contribution in [0.5, 0.6) is 5.75 Å². The summed E-state index contributed by atoms with van der Waals surface area (Å²) < 4.78 is 16.0. The van der Waals surface area contributed by atoms with Crippen LogP contribution in [0.4, 0.5) is 5.69 Å². The molecule has 0 saturated carbocycles. The van der Waals surface area contributed by atoms with Crippen LogP contribution in [0.15, 0.2) is 74.1 Å². The molecule has 0 amide bonds. The van der Waals surface area contributed by atoms with Crippen LogP contribution < -0.4 is 19.6 Å². The SMILES string of the molecule is CCCC1=C(C(=O)OCC)[C@H](c2cc(Br)ccc2OC)n2c(s/c(=C/c3cc(C)n(-c4ccc([N+](=O)[O-])cc4)c3C)c2=O)=N1. The van der Waals surface area contributed by atoms with E-state index < -0.39 is 16.9 Å². The van der Waals surface area contributed by atoms with E-state index in [1.807, 2.05) is 49.6 Å². The largest absolute Gasteiger partial charge is 0.496 e. The second kappa shape index (κ2) is 12.7. The molecule has 0 fully saturated rings. The van der Waals surface area contributed by atoms with Gasteiger partial charge in [0.25, 0.3) is 11.2 Å². The van der Waals surface area contributed by atoms with Gasteiger partial charge in [0.2, 0.25) is 0 Å². The molecule has 2 aromatic heterocycles.